The van der Waals surface area contributed by atoms with E-state index in [1.807, 2.05) is 24.3 Å². The van der Waals surface area contributed by atoms with Gasteiger partial charge in [-0.05, 0) is 48.6 Å². The highest BCUT2D eigenvalue weighted by molar-refractivity contribution is 5.92. The average molecular weight is 481 g/mol. The summed E-state index contributed by atoms with van der Waals surface area (Å²) in [4.78, 5) is 13.9. The van der Waals surface area contributed by atoms with Crippen molar-refractivity contribution in [3.8, 4) is 11.5 Å². The second-order valence-corrected chi connectivity index (χ2v) is 8.89. The zero-order chi connectivity index (χ0) is 25.0. The molecule has 0 spiro atoms. The minimum Gasteiger partial charge on any atom is -0.620 e. The van der Waals surface area contributed by atoms with E-state index in [2.05, 4.69) is 13.2 Å². The van der Waals surface area contributed by atoms with Gasteiger partial charge in [-0.1, -0.05) is 37.4 Å². The summed E-state index contributed by atoms with van der Waals surface area (Å²) in [5, 5.41) is 33.9. The molecule has 35 heavy (non-hydrogen) atoms. The zero-order valence-electron chi connectivity index (χ0n) is 19.8. The molecule has 2 aliphatic rings. The fourth-order valence-electron chi connectivity index (χ4n) is 4.72. The van der Waals surface area contributed by atoms with Crippen molar-refractivity contribution < 1.29 is 24.5 Å². The first-order chi connectivity index (χ1) is 16.9. The van der Waals surface area contributed by atoms with Crippen molar-refractivity contribution in [1.29, 1.82) is 0 Å². The average Bonchev–Trinajstić information content (AvgIpc) is 3.37. The monoisotopic (exact) mass is 480 g/mol. The molecule has 4 rings (SSSR count). The van der Waals surface area contributed by atoms with Gasteiger partial charge in [0.1, 0.15) is 31.4 Å². The van der Waals surface area contributed by atoms with Crippen LogP contribution in [0.1, 0.15) is 36.8 Å². The Morgan fingerprint density at radius 1 is 1.00 bits per heavy atom. The van der Waals surface area contributed by atoms with Crippen molar-refractivity contribution in [3.05, 3.63) is 78.0 Å². The van der Waals surface area contributed by atoms with E-state index in [1.165, 1.54) is 0 Å². The van der Waals surface area contributed by atoms with Gasteiger partial charge in [-0.2, -0.15) is 0 Å². The molecule has 2 aromatic carbocycles. The van der Waals surface area contributed by atoms with Crippen LogP contribution in [0.3, 0.4) is 0 Å². The Hall–Kier alpha value is -3.17. The standard InChI is InChI=1S/C27H32N2O6/c1-3-14-34-23-17-19(7-9-21(23)28-25(30)11-12-26(28)31)16-20-8-10-22(24(18-20)35-15-4-2)29(33)13-5-6-27(29)32/h3-4,7-10,17-18,25-26,30-31H,1-2,5-6,11-16H2. The Balaban J connectivity index is 1.64. The van der Waals surface area contributed by atoms with E-state index in [1.54, 1.807) is 29.2 Å². The highest BCUT2D eigenvalue weighted by Gasteiger charge is 2.38. The van der Waals surface area contributed by atoms with Gasteiger partial charge in [-0.25, -0.2) is 4.79 Å². The van der Waals surface area contributed by atoms with Crippen LogP contribution in [0, 0.1) is 5.21 Å². The van der Waals surface area contributed by atoms with Crippen LogP contribution in [-0.4, -0.2) is 48.3 Å². The summed E-state index contributed by atoms with van der Waals surface area (Å²) >= 11 is 0. The molecule has 0 radical (unpaired) electrons. The van der Waals surface area contributed by atoms with Crippen molar-refractivity contribution in [2.24, 2.45) is 0 Å². The number of amides is 1. The number of carbonyl (C=O) groups excluding carboxylic acids is 1. The molecular weight excluding hydrogens is 448 g/mol. The van der Waals surface area contributed by atoms with E-state index >= 15 is 0 Å². The summed E-state index contributed by atoms with van der Waals surface area (Å²) in [5.74, 6) is 0.566. The fraction of sp³-hybridized carbons (Fsp3) is 0.370. The first kappa shape index (κ1) is 24.9. The molecule has 8 heteroatoms. The normalized spacial score (nSPS) is 24.0. The first-order valence-corrected chi connectivity index (χ1v) is 11.9. The van der Waals surface area contributed by atoms with Crippen molar-refractivity contribution >= 4 is 17.3 Å². The van der Waals surface area contributed by atoms with Crippen LogP contribution in [-0.2, 0) is 11.2 Å². The molecule has 1 amide bonds. The molecule has 2 heterocycles. The van der Waals surface area contributed by atoms with Crippen LogP contribution >= 0.6 is 0 Å². The number of quaternary nitrogens is 1. The van der Waals surface area contributed by atoms with Crippen molar-refractivity contribution in [3.63, 3.8) is 0 Å². The van der Waals surface area contributed by atoms with E-state index in [-0.39, 0.29) is 32.1 Å². The molecule has 0 bridgehead atoms. The molecule has 0 aliphatic carbocycles. The Bertz CT molecular complexity index is 1090. The van der Waals surface area contributed by atoms with Crippen LogP contribution in [0.2, 0.25) is 0 Å². The molecule has 3 atom stereocenters. The second kappa shape index (κ2) is 10.6. The summed E-state index contributed by atoms with van der Waals surface area (Å²) in [6.07, 6.45) is 3.98. The van der Waals surface area contributed by atoms with E-state index < -0.39 is 17.1 Å². The number of nitrogens with zero attached hydrogens (tertiary/aromatic N) is 2. The minimum absolute atomic E-state index is 0.211. The van der Waals surface area contributed by atoms with Gasteiger partial charge in [0.15, 0.2) is 11.4 Å². The quantitative estimate of drug-likeness (QED) is 0.303. The first-order valence-electron chi connectivity index (χ1n) is 11.9. The number of rotatable bonds is 10. The number of aliphatic hydroxyl groups is 2. The summed E-state index contributed by atoms with van der Waals surface area (Å²) < 4.78 is 10.7. The summed E-state index contributed by atoms with van der Waals surface area (Å²) in [6.45, 7) is 8.09. The molecule has 0 saturated carbocycles. The number of hydrogen-bond acceptors (Lipinski definition) is 7. The third-order valence-electron chi connectivity index (χ3n) is 6.43. The highest BCUT2D eigenvalue weighted by atomic mass is 16.6. The maximum Gasteiger partial charge on any atom is 0.319 e. The smallest absolute Gasteiger partial charge is 0.319 e. The number of hydrogen-bond donors (Lipinski definition) is 2. The van der Waals surface area contributed by atoms with E-state index in [0.717, 1.165) is 11.1 Å². The Morgan fingerprint density at radius 2 is 1.60 bits per heavy atom. The van der Waals surface area contributed by atoms with Crippen molar-refractivity contribution in [2.45, 2.75) is 44.6 Å². The molecule has 2 aliphatic heterocycles. The topological polar surface area (TPSA) is 102 Å². The lowest BCUT2D eigenvalue weighted by molar-refractivity contribution is -0.125. The largest absolute Gasteiger partial charge is 0.620 e. The molecule has 2 N–H and O–H groups in total. The fourth-order valence-corrected chi connectivity index (χ4v) is 4.72. The van der Waals surface area contributed by atoms with E-state index in [0.29, 0.717) is 48.6 Å². The van der Waals surface area contributed by atoms with Crippen LogP contribution in [0.15, 0.2) is 61.7 Å². The van der Waals surface area contributed by atoms with Gasteiger partial charge < -0.3 is 29.8 Å². The minimum atomic E-state index is -0.999. The van der Waals surface area contributed by atoms with Gasteiger partial charge in [0.05, 0.1) is 18.7 Å². The maximum atomic E-state index is 13.3. The lowest BCUT2D eigenvalue weighted by atomic mass is 10.0. The summed E-state index contributed by atoms with van der Waals surface area (Å²) in [6, 6.07) is 10.9. The summed E-state index contributed by atoms with van der Waals surface area (Å²) in [7, 11) is 0. The zero-order valence-corrected chi connectivity index (χ0v) is 19.8. The molecule has 2 fully saturated rings. The number of benzene rings is 2. The van der Waals surface area contributed by atoms with E-state index in [4.69, 9.17) is 9.47 Å². The van der Waals surface area contributed by atoms with Gasteiger partial charge in [0.25, 0.3) is 0 Å². The number of hydroxylamine groups is 2. The van der Waals surface area contributed by atoms with Gasteiger partial charge in [0, 0.05) is 12.5 Å². The number of anilines is 1. The number of aliphatic hydroxyl groups excluding tert-OH is 2. The second-order valence-electron chi connectivity index (χ2n) is 8.89. The predicted octanol–water partition coefficient (Wildman–Crippen LogP) is 3.77. The molecule has 3 unspecified atom stereocenters. The van der Waals surface area contributed by atoms with Gasteiger partial charge in [0.2, 0.25) is 0 Å². The maximum absolute atomic E-state index is 13.3. The van der Waals surface area contributed by atoms with Crippen molar-refractivity contribution in [1.82, 2.24) is 4.65 Å². The Labute approximate surface area is 205 Å². The molecule has 186 valence electrons. The van der Waals surface area contributed by atoms with Crippen molar-refractivity contribution in [2.75, 3.05) is 24.7 Å². The van der Waals surface area contributed by atoms with E-state index in [9.17, 15) is 20.2 Å². The number of carbonyl (C=O) groups is 1. The molecule has 8 nitrogen and oxygen atoms in total. The lowest BCUT2D eigenvalue weighted by Crippen LogP contribution is -2.44. The van der Waals surface area contributed by atoms with Crippen LogP contribution < -0.4 is 19.0 Å². The highest BCUT2D eigenvalue weighted by Crippen LogP contribution is 2.40. The summed E-state index contributed by atoms with van der Waals surface area (Å²) in [5.41, 5.74) is 2.76. The van der Waals surface area contributed by atoms with Gasteiger partial charge in [-0.15, -0.1) is 0 Å². The Kier molecular flexibility index (Phi) is 7.57. The third-order valence-corrected chi connectivity index (χ3v) is 6.43. The predicted molar refractivity (Wildman–Crippen MR) is 135 cm³/mol. The van der Waals surface area contributed by atoms with Gasteiger partial charge in [-0.3, -0.25) is 4.65 Å². The van der Waals surface area contributed by atoms with Crippen LogP contribution in [0.5, 0.6) is 11.5 Å². The SMILES string of the molecule is C=CCOc1cc(Cc2ccc([N+]3([O-])CCCC3=O)c(OCC=C)c2)ccc1N1C(O)CCC1O. The van der Waals surface area contributed by atoms with Crippen LogP contribution in [0.25, 0.3) is 0 Å². The Morgan fingerprint density at radius 3 is 2.20 bits per heavy atom. The molecule has 2 aromatic rings. The van der Waals surface area contributed by atoms with Crippen LogP contribution in [0.4, 0.5) is 11.4 Å². The number of ether oxygens (including phenoxy) is 2. The molecule has 0 aromatic heterocycles. The molecular formula is C27H32N2O6. The molecule has 2 saturated heterocycles. The van der Waals surface area contributed by atoms with Gasteiger partial charge >= 0.3 is 5.91 Å². The lowest BCUT2D eigenvalue weighted by Gasteiger charge is -2.35. The third kappa shape index (κ3) is 5.11.